The molecule has 2 heterocycles. The van der Waals surface area contributed by atoms with Crippen molar-refractivity contribution in [3.63, 3.8) is 0 Å². The highest BCUT2D eigenvalue weighted by Crippen LogP contribution is 2.30. The summed E-state index contributed by atoms with van der Waals surface area (Å²) in [7, 11) is 0. The van der Waals surface area contributed by atoms with E-state index in [1.807, 2.05) is 54.0 Å². The first-order valence-electron chi connectivity index (χ1n) is 9.69. The second-order valence-corrected chi connectivity index (χ2v) is 7.46. The van der Waals surface area contributed by atoms with Crippen molar-refractivity contribution < 1.29 is 14.3 Å². The maximum absolute atomic E-state index is 11.0. The van der Waals surface area contributed by atoms with E-state index in [1.54, 1.807) is 0 Å². The first kappa shape index (κ1) is 18.3. The summed E-state index contributed by atoms with van der Waals surface area (Å²) >= 11 is 0. The topological polar surface area (TPSA) is 64.9 Å². The maximum atomic E-state index is 11.0. The third-order valence-corrected chi connectivity index (χ3v) is 4.71. The Bertz CT molecular complexity index is 961. The molecule has 6 nitrogen and oxygen atoms in total. The lowest BCUT2D eigenvalue weighted by molar-refractivity contribution is -0.119. The summed E-state index contributed by atoms with van der Waals surface area (Å²) in [4.78, 5) is 11.0. The molecule has 2 aromatic heterocycles. The van der Waals surface area contributed by atoms with Crippen LogP contribution in [0.4, 0.5) is 0 Å². The van der Waals surface area contributed by atoms with Crippen LogP contribution in [-0.4, -0.2) is 34.8 Å². The summed E-state index contributed by atoms with van der Waals surface area (Å²) in [6.07, 6.45) is 4.49. The van der Waals surface area contributed by atoms with Crippen molar-refractivity contribution in [1.82, 2.24) is 14.9 Å². The molecule has 1 N–H and O–H groups in total. The highest BCUT2D eigenvalue weighted by Gasteiger charge is 2.22. The van der Waals surface area contributed by atoms with E-state index in [-0.39, 0.29) is 11.9 Å². The van der Waals surface area contributed by atoms with E-state index in [0.29, 0.717) is 6.61 Å². The number of nitrogens with zero attached hydrogens (tertiary/aromatic N) is 2. The van der Waals surface area contributed by atoms with Gasteiger partial charge in [-0.2, -0.15) is 5.10 Å². The zero-order valence-electron chi connectivity index (χ0n) is 16.2. The fourth-order valence-corrected chi connectivity index (χ4v) is 3.02. The summed E-state index contributed by atoms with van der Waals surface area (Å²) < 4.78 is 13.4. The van der Waals surface area contributed by atoms with E-state index in [0.717, 1.165) is 40.8 Å². The minimum absolute atomic E-state index is 0.0352. The van der Waals surface area contributed by atoms with Gasteiger partial charge >= 0.3 is 0 Å². The van der Waals surface area contributed by atoms with Crippen LogP contribution in [0, 0.1) is 5.92 Å². The molecule has 1 amide bonds. The van der Waals surface area contributed by atoms with Gasteiger partial charge in [-0.1, -0.05) is 0 Å². The molecule has 0 spiro atoms. The zero-order chi connectivity index (χ0) is 19.5. The van der Waals surface area contributed by atoms with Crippen molar-refractivity contribution in [2.24, 2.45) is 5.92 Å². The van der Waals surface area contributed by atoms with Crippen LogP contribution >= 0.6 is 0 Å². The number of fused-ring (bicyclic) bond motifs is 1. The van der Waals surface area contributed by atoms with Crippen LogP contribution in [-0.2, 0) is 4.79 Å². The van der Waals surface area contributed by atoms with E-state index in [9.17, 15) is 4.79 Å². The molecule has 4 rings (SSSR count). The molecule has 3 aromatic rings. The number of ether oxygens (including phenoxy) is 2. The number of hydrogen-bond donors (Lipinski definition) is 1. The molecule has 28 heavy (non-hydrogen) atoms. The molecule has 1 fully saturated rings. The molecular weight excluding hydrogens is 354 g/mol. The van der Waals surface area contributed by atoms with Crippen LogP contribution in [0.25, 0.3) is 16.8 Å². The first-order chi connectivity index (χ1) is 13.6. The van der Waals surface area contributed by atoms with E-state index in [4.69, 9.17) is 9.47 Å². The molecule has 0 saturated heterocycles. The Morgan fingerprint density at radius 2 is 1.93 bits per heavy atom. The highest BCUT2D eigenvalue weighted by atomic mass is 16.5. The van der Waals surface area contributed by atoms with Crippen molar-refractivity contribution in [3.8, 4) is 22.8 Å². The Labute approximate surface area is 164 Å². The fourth-order valence-electron chi connectivity index (χ4n) is 3.02. The molecule has 0 aliphatic heterocycles. The monoisotopic (exact) mass is 379 g/mol. The minimum Gasteiger partial charge on any atom is -0.492 e. The average Bonchev–Trinajstić information content (AvgIpc) is 3.41. The Morgan fingerprint density at radius 3 is 2.64 bits per heavy atom. The van der Waals surface area contributed by atoms with Crippen molar-refractivity contribution >= 4 is 11.4 Å². The highest BCUT2D eigenvalue weighted by molar-refractivity contribution is 5.73. The lowest BCUT2D eigenvalue weighted by Gasteiger charge is -2.13. The summed E-state index contributed by atoms with van der Waals surface area (Å²) in [5.41, 5.74) is 2.95. The van der Waals surface area contributed by atoms with Gasteiger partial charge < -0.3 is 14.8 Å². The van der Waals surface area contributed by atoms with Gasteiger partial charge in [-0.05, 0) is 68.1 Å². The number of pyridine rings is 1. The summed E-state index contributed by atoms with van der Waals surface area (Å²) in [5, 5.41) is 7.47. The predicted octanol–water partition coefficient (Wildman–Crippen LogP) is 3.69. The van der Waals surface area contributed by atoms with Gasteiger partial charge in [-0.25, -0.2) is 4.52 Å². The number of aromatic nitrogens is 2. The molecule has 146 valence electrons. The van der Waals surface area contributed by atoms with Gasteiger partial charge in [-0.3, -0.25) is 4.79 Å². The number of nitrogens with one attached hydrogen (secondary N) is 1. The number of benzene rings is 1. The lowest BCUT2D eigenvalue weighted by Crippen LogP contribution is -2.35. The molecule has 0 bridgehead atoms. The van der Waals surface area contributed by atoms with Gasteiger partial charge in [-0.15, -0.1) is 0 Å². The van der Waals surface area contributed by atoms with Gasteiger partial charge in [0.2, 0.25) is 5.91 Å². The van der Waals surface area contributed by atoms with E-state index < -0.39 is 0 Å². The predicted molar refractivity (Wildman–Crippen MR) is 108 cm³/mol. The third-order valence-electron chi connectivity index (χ3n) is 4.71. The van der Waals surface area contributed by atoms with Crippen LogP contribution in [0.1, 0.15) is 26.7 Å². The normalized spacial score (nSPS) is 14.6. The number of rotatable bonds is 8. The molecule has 1 atom stereocenters. The standard InChI is InChI=1S/C22H25N3O3/c1-15(23-16(2)26)13-27-20-8-5-18(6-9-20)22-11-19-7-10-21(12-25(19)24-22)28-14-17-3-4-17/h5-12,15,17H,3-4,13-14H2,1-2H3,(H,23,26)/t15-/m0/s1. The molecule has 1 aromatic carbocycles. The van der Waals surface area contributed by atoms with Crippen molar-refractivity contribution in [2.75, 3.05) is 13.2 Å². The van der Waals surface area contributed by atoms with Crippen molar-refractivity contribution in [2.45, 2.75) is 32.7 Å². The van der Waals surface area contributed by atoms with Crippen LogP contribution in [0.3, 0.4) is 0 Å². The summed E-state index contributed by atoms with van der Waals surface area (Å²) in [6, 6.07) is 13.9. The van der Waals surface area contributed by atoms with Crippen LogP contribution in [0.5, 0.6) is 11.5 Å². The Balaban J connectivity index is 1.41. The first-order valence-corrected chi connectivity index (χ1v) is 9.69. The number of amides is 1. The van der Waals surface area contributed by atoms with Crippen LogP contribution in [0.2, 0.25) is 0 Å². The molecule has 1 aliphatic carbocycles. The van der Waals surface area contributed by atoms with Gasteiger partial charge in [0.15, 0.2) is 0 Å². The summed E-state index contributed by atoms with van der Waals surface area (Å²) in [6.45, 7) is 4.63. The molecule has 6 heteroatoms. The SMILES string of the molecule is CC(=O)N[C@@H](C)COc1ccc(-c2cc3ccc(OCC4CC4)cn3n2)cc1. The lowest BCUT2D eigenvalue weighted by atomic mass is 10.1. The average molecular weight is 379 g/mol. The zero-order valence-corrected chi connectivity index (χ0v) is 16.2. The van der Waals surface area contributed by atoms with Gasteiger partial charge in [0.25, 0.3) is 0 Å². The third kappa shape index (κ3) is 4.63. The van der Waals surface area contributed by atoms with Crippen LogP contribution in [0.15, 0.2) is 48.7 Å². The fraction of sp³-hybridized carbons (Fsp3) is 0.364. The number of carbonyl (C=O) groups excluding carboxylic acids is 1. The van der Waals surface area contributed by atoms with Crippen molar-refractivity contribution in [3.05, 3.63) is 48.7 Å². The Kier molecular flexibility index (Phi) is 5.19. The van der Waals surface area contributed by atoms with Crippen molar-refractivity contribution in [1.29, 1.82) is 0 Å². The van der Waals surface area contributed by atoms with Gasteiger partial charge in [0.05, 0.1) is 30.1 Å². The molecule has 1 aliphatic rings. The van der Waals surface area contributed by atoms with E-state index in [1.165, 1.54) is 19.8 Å². The maximum Gasteiger partial charge on any atom is 0.217 e. The van der Waals surface area contributed by atoms with Crippen LogP contribution < -0.4 is 14.8 Å². The van der Waals surface area contributed by atoms with E-state index in [2.05, 4.69) is 16.5 Å². The smallest absolute Gasteiger partial charge is 0.217 e. The minimum atomic E-state index is -0.0561. The Hall–Kier alpha value is -3.02. The largest absolute Gasteiger partial charge is 0.492 e. The molecule has 1 saturated carbocycles. The molecule has 0 unspecified atom stereocenters. The summed E-state index contributed by atoms with van der Waals surface area (Å²) in [5.74, 6) is 2.29. The second kappa shape index (κ2) is 7.92. The molecule has 0 radical (unpaired) electrons. The molecular formula is C22H25N3O3. The number of hydrogen-bond acceptors (Lipinski definition) is 4. The second-order valence-electron chi connectivity index (χ2n) is 7.46. The van der Waals surface area contributed by atoms with Gasteiger partial charge in [0, 0.05) is 12.5 Å². The quantitative estimate of drug-likeness (QED) is 0.648. The Morgan fingerprint density at radius 1 is 1.18 bits per heavy atom. The van der Waals surface area contributed by atoms with Gasteiger partial charge in [0.1, 0.15) is 18.1 Å². The van der Waals surface area contributed by atoms with E-state index >= 15 is 0 Å². The number of carbonyl (C=O) groups is 1.